The minimum atomic E-state index is -1.22. The van der Waals surface area contributed by atoms with Crippen molar-refractivity contribution in [3.8, 4) is 0 Å². The lowest BCUT2D eigenvalue weighted by atomic mass is 10.2. The van der Waals surface area contributed by atoms with Crippen molar-refractivity contribution in [3.63, 3.8) is 0 Å². The second kappa shape index (κ2) is 24.6. The van der Waals surface area contributed by atoms with Crippen LogP contribution in [0, 0.1) is 0 Å². The topological polar surface area (TPSA) is 224 Å². The van der Waals surface area contributed by atoms with Crippen LogP contribution in [-0.2, 0) is 38.2 Å². The van der Waals surface area contributed by atoms with Crippen LogP contribution < -0.4 is 5.32 Å². The molecule has 1 amide bonds. The van der Waals surface area contributed by atoms with E-state index in [-0.39, 0.29) is 58.3 Å². The number of nitrogens with one attached hydrogen (secondary N) is 1. The Hall–Kier alpha value is -3.18. The monoisotopic (exact) mass is 594 g/mol. The molecule has 0 radical (unpaired) electrons. The molecule has 0 saturated carbocycles. The van der Waals surface area contributed by atoms with Crippen LogP contribution in [0.3, 0.4) is 0 Å². The molecular formula is C25H46N4O12. The van der Waals surface area contributed by atoms with Gasteiger partial charge in [0.1, 0.15) is 5.78 Å². The molecule has 41 heavy (non-hydrogen) atoms. The highest BCUT2D eigenvalue weighted by molar-refractivity contribution is 5.80. The molecule has 0 rings (SSSR count). The zero-order valence-electron chi connectivity index (χ0n) is 22.9. The molecule has 0 saturated heterocycles. The smallest absolute Gasteiger partial charge is 0.317 e. The number of carbonyl (C=O) groups excluding carboxylic acids is 2. The summed E-state index contributed by atoms with van der Waals surface area (Å²) >= 11 is 0. The molecule has 0 aliphatic rings. The van der Waals surface area contributed by atoms with Crippen molar-refractivity contribution in [2.45, 2.75) is 33.6 Å². The van der Waals surface area contributed by atoms with Gasteiger partial charge >= 0.3 is 23.9 Å². The van der Waals surface area contributed by atoms with E-state index in [9.17, 15) is 28.8 Å². The van der Waals surface area contributed by atoms with Gasteiger partial charge in [-0.25, -0.2) is 0 Å². The zero-order valence-corrected chi connectivity index (χ0v) is 22.9. The van der Waals surface area contributed by atoms with Gasteiger partial charge in [-0.15, -0.1) is 0 Å². The Labute approximate surface area is 240 Å². The van der Waals surface area contributed by atoms with Crippen molar-refractivity contribution in [3.05, 3.63) is 0 Å². The van der Waals surface area contributed by atoms with E-state index >= 15 is 0 Å². The van der Waals surface area contributed by atoms with Crippen LogP contribution in [0.5, 0.6) is 0 Å². The summed E-state index contributed by atoms with van der Waals surface area (Å²) in [4.78, 5) is 72.0. The quantitative estimate of drug-likeness (QED) is 0.0703. The first-order valence-electron chi connectivity index (χ1n) is 12.9. The molecule has 0 aliphatic carbocycles. The van der Waals surface area contributed by atoms with E-state index in [4.69, 9.17) is 29.9 Å². The van der Waals surface area contributed by atoms with E-state index in [0.29, 0.717) is 45.8 Å². The van der Waals surface area contributed by atoms with Crippen LogP contribution in [0.15, 0.2) is 0 Å². The SMILES string of the molecule is C.CCC(=O)NCCOCCOCCCC(=O)CN(CCN(CC(=O)O)CC(=O)O)CCN(CC(=O)O)CC(=O)O. The molecule has 16 nitrogen and oxygen atoms in total. The second-order valence-electron chi connectivity index (χ2n) is 8.84. The molecule has 0 spiro atoms. The van der Waals surface area contributed by atoms with Crippen molar-refractivity contribution in [1.29, 1.82) is 0 Å². The van der Waals surface area contributed by atoms with E-state index in [0.717, 1.165) is 0 Å². The van der Waals surface area contributed by atoms with Crippen LogP contribution in [0.2, 0.25) is 0 Å². The lowest BCUT2D eigenvalue weighted by Crippen LogP contribution is -2.45. The number of carboxylic acids is 4. The molecule has 0 aromatic heterocycles. The fraction of sp³-hybridized carbons (Fsp3) is 0.760. The molecule has 0 heterocycles. The van der Waals surface area contributed by atoms with Gasteiger partial charge in [-0.2, -0.15) is 0 Å². The van der Waals surface area contributed by atoms with Crippen LogP contribution in [-0.4, -0.2) is 163 Å². The molecule has 238 valence electrons. The Bertz CT molecular complexity index is 739. The Morgan fingerprint density at radius 1 is 0.610 bits per heavy atom. The number of hydrogen-bond donors (Lipinski definition) is 5. The number of amides is 1. The van der Waals surface area contributed by atoms with E-state index < -0.39 is 50.1 Å². The van der Waals surface area contributed by atoms with Crippen LogP contribution in [0.4, 0.5) is 0 Å². The molecular weight excluding hydrogens is 548 g/mol. The summed E-state index contributed by atoms with van der Waals surface area (Å²) in [6, 6.07) is 0. The van der Waals surface area contributed by atoms with Crippen molar-refractivity contribution >= 4 is 35.6 Å². The zero-order chi connectivity index (χ0) is 30.3. The van der Waals surface area contributed by atoms with E-state index in [1.54, 1.807) is 11.8 Å². The predicted molar refractivity (Wildman–Crippen MR) is 146 cm³/mol. The molecule has 0 atom stereocenters. The molecule has 0 unspecified atom stereocenters. The third-order valence-electron chi connectivity index (χ3n) is 5.31. The average molecular weight is 595 g/mol. The lowest BCUT2D eigenvalue weighted by Gasteiger charge is -2.28. The number of carbonyl (C=O) groups is 6. The highest BCUT2D eigenvalue weighted by Crippen LogP contribution is 2.01. The van der Waals surface area contributed by atoms with Crippen LogP contribution >= 0.6 is 0 Å². The first kappa shape index (κ1) is 40.0. The molecule has 16 heteroatoms. The maximum absolute atomic E-state index is 12.6. The summed E-state index contributed by atoms with van der Waals surface area (Å²) in [7, 11) is 0. The van der Waals surface area contributed by atoms with Crippen molar-refractivity contribution in [1.82, 2.24) is 20.0 Å². The van der Waals surface area contributed by atoms with Gasteiger partial charge in [-0.1, -0.05) is 14.4 Å². The fourth-order valence-corrected chi connectivity index (χ4v) is 3.44. The van der Waals surface area contributed by atoms with Gasteiger partial charge in [0, 0.05) is 52.2 Å². The van der Waals surface area contributed by atoms with Gasteiger partial charge in [0.05, 0.1) is 52.5 Å². The van der Waals surface area contributed by atoms with Gasteiger partial charge in [-0.3, -0.25) is 43.5 Å². The number of ether oxygens (including phenoxy) is 2. The Morgan fingerprint density at radius 3 is 1.44 bits per heavy atom. The molecule has 0 aromatic rings. The van der Waals surface area contributed by atoms with Crippen molar-refractivity contribution < 1.29 is 58.7 Å². The number of aliphatic carboxylic acids is 4. The molecule has 0 fully saturated rings. The van der Waals surface area contributed by atoms with Crippen LogP contribution in [0.25, 0.3) is 0 Å². The number of Topliss-reactive ketones (excluding diaryl/α,β-unsaturated/α-hetero) is 1. The normalized spacial score (nSPS) is 10.9. The summed E-state index contributed by atoms with van der Waals surface area (Å²) < 4.78 is 10.8. The largest absolute Gasteiger partial charge is 0.480 e. The number of ketones is 1. The second-order valence-corrected chi connectivity index (χ2v) is 8.84. The Balaban J connectivity index is 0. The van der Waals surface area contributed by atoms with Crippen molar-refractivity contribution in [2.75, 3.05) is 91.9 Å². The molecule has 0 aliphatic heterocycles. The standard InChI is InChI=1S/C24H42N4O12.CH4/c1-2-20(30)25-5-11-40-13-12-39-10-3-4-19(29)14-26(6-8-27(15-21(31)32)16-22(33)34)7-9-28(17-23(35)36)18-24(37)38;/h2-18H2,1H3,(H,25,30)(H,31,32)(H,33,34)(H,35,36)(H,37,38);1H4. The molecule has 0 bridgehead atoms. The number of rotatable bonds is 27. The summed E-state index contributed by atoms with van der Waals surface area (Å²) in [5.41, 5.74) is 0. The van der Waals surface area contributed by atoms with Gasteiger partial charge in [0.15, 0.2) is 0 Å². The molecule has 0 aromatic carbocycles. The minimum absolute atomic E-state index is 0. The van der Waals surface area contributed by atoms with Crippen LogP contribution in [0.1, 0.15) is 33.6 Å². The van der Waals surface area contributed by atoms with Crippen molar-refractivity contribution in [2.24, 2.45) is 0 Å². The predicted octanol–water partition coefficient (Wildman–Crippen LogP) is -1.22. The lowest BCUT2D eigenvalue weighted by molar-refractivity contribution is -0.143. The number of nitrogens with zero attached hydrogens (tertiary/aromatic N) is 3. The third kappa shape index (κ3) is 25.5. The maximum atomic E-state index is 12.6. The first-order valence-corrected chi connectivity index (χ1v) is 12.9. The summed E-state index contributed by atoms with van der Waals surface area (Å²) in [6.45, 7) is 1.53. The van der Waals surface area contributed by atoms with E-state index in [1.807, 2.05) is 0 Å². The van der Waals surface area contributed by atoms with Gasteiger partial charge in [-0.05, 0) is 6.42 Å². The maximum Gasteiger partial charge on any atom is 0.317 e. The summed E-state index contributed by atoms with van der Waals surface area (Å²) in [5.74, 6) is -5.09. The molecule has 5 N–H and O–H groups in total. The van der Waals surface area contributed by atoms with Gasteiger partial charge < -0.3 is 35.2 Å². The summed E-state index contributed by atoms with van der Waals surface area (Å²) in [6.07, 6.45) is 0.997. The van der Waals surface area contributed by atoms with E-state index in [2.05, 4.69) is 5.32 Å². The van der Waals surface area contributed by atoms with Gasteiger partial charge in [0.25, 0.3) is 0 Å². The highest BCUT2D eigenvalue weighted by Gasteiger charge is 2.19. The first-order chi connectivity index (χ1) is 18.9. The summed E-state index contributed by atoms with van der Waals surface area (Å²) in [5, 5.41) is 38.8. The fourth-order valence-electron chi connectivity index (χ4n) is 3.44. The Kier molecular flexibility index (Phi) is 24.0. The average Bonchev–Trinajstić information content (AvgIpc) is 2.84. The number of hydrogen-bond acceptors (Lipinski definition) is 11. The van der Waals surface area contributed by atoms with E-state index in [1.165, 1.54) is 9.80 Å². The number of carboxylic acid groups (broad SMARTS) is 4. The third-order valence-corrected chi connectivity index (χ3v) is 5.31. The minimum Gasteiger partial charge on any atom is -0.480 e. The Morgan fingerprint density at radius 2 is 1.02 bits per heavy atom. The van der Waals surface area contributed by atoms with Gasteiger partial charge in [0.2, 0.25) is 5.91 Å². The highest BCUT2D eigenvalue weighted by atomic mass is 16.5.